The largest absolute Gasteiger partial charge is 0.416 e. The summed E-state index contributed by atoms with van der Waals surface area (Å²) in [4.78, 5) is 4.13. The maximum atomic E-state index is 13.7. The van der Waals surface area contributed by atoms with Gasteiger partial charge in [0.1, 0.15) is 6.04 Å². The molecule has 0 spiro atoms. The van der Waals surface area contributed by atoms with Crippen LogP contribution in [0.2, 0.25) is 0 Å². The van der Waals surface area contributed by atoms with Gasteiger partial charge in [-0.1, -0.05) is 29.4 Å². The van der Waals surface area contributed by atoms with Crippen molar-refractivity contribution in [3.63, 3.8) is 0 Å². The van der Waals surface area contributed by atoms with E-state index in [1.165, 1.54) is 24.3 Å². The van der Waals surface area contributed by atoms with Crippen molar-refractivity contribution in [3.8, 4) is 11.4 Å². The van der Waals surface area contributed by atoms with Gasteiger partial charge in [-0.2, -0.15) is 31.3 Å². The first-order valence-electron chi connectivity index (χ1n) is 10.1. The summed E-state index contributed by atoms with van der Waals surface area (Å²) in [5, 5.41) is 16.7. The number of aliphatic hydroxyl groups excluding tert-OH is 1. The van der Waals surface area contributed by atoms with E-state index in [-0.39, 0.29) is 35.7 Å². The molecular weight excluding hydrogens is 452 g/mol. The molecule has 0 bridgehead atoms. The Labute approximate surface area is 184 Å². The van der Waals surface area contributed by atoms with Crippen molar-refractivity contribution >= 4 is 0 Å². The Balaban J connectivity index is 1.54. The van der Waals surface area contributed by atoms with Crippen molar-refractivity contribution in [2.24, 2.45) is 0 Å². The van der Waals surface area contributed by atoms with E-state index in [0.29, 0.717) is 18.5 Å². The number of halogens is 6. The van der Waals surface area contributed by atoms with Gasteiger partial charge in [0.05, 0.1) is 17.2 Å². The summed E-state index contributed by atoms with van der Waals surface area (Å²) < 4.78 is 84.3. The quantitative estimate of drug-likeness (QED) is 0.515. The van der Waals surface area contributed by atoms with Crippen LogP contribution in [0.15, 0.2) is 47.0 Å². The summed E-state index contributed by atoms with van der Waals surface area (Å²) in [6.07, 6.45) is -9.24. The van der Waals surface area contributed by atoms with Crippen LogP contribution in [0.25, 0.3) is 11.4 Å². The van der Waals surface area contributed by atoms with Gasteiger partial charge in [-0.25, -0.2) is 0 Å². The molecule has 0 aliphatic carbocycles. The molecule has 4 rings (SSSR count). The fourth-order valence-electron chi connectivity index (χ4n) is 3.76. The maximum Gasteiger partial charge on any atom is 0.416 e. The molecule has 2 aromatic carbocycles. The highest BCUT2D eigenvalue weighted by Gasteiger charge is 2.35. The molecule has 1 aromatic heterocycles. The molecule has 2 N–H and O–H groups in total. The second-order valence-corrected chi connectivity index (χ2v) is 7.81. The van der Waals surface area contributed by atoms with E-state index in [2.05, 4.69) is 15.5 Å². The smallest absolute Gasteiger partial charge is 0.391 e. The van der Waals surface area contributed by atoms with Crippen LogP contribution in [0.3, 0.4) is 0 Å². The number of alkyl halides is 6. The van der Waals surface area contributed by atoms with Crippen LogP contribution in [0, 0.1) is 0 Å². The van der Waals surface area contributed by atoms with Crippen molar-refractivity contribution in [2.75, 3.05) is 6.54 Å². The lowest BCUT2D eigenvalue weighted by Gasteiger charge is -2.14. The van der Waals surface area contributed by atoms with Gasteiger partial charge in [0.15, 0.2) is 0 Å². The van der Waals surface area contributed by atoms with E-state index >= 15 is 0 Å². The van der Waals surface area contributed by atoms with Crippen LogP contribution in [0.5, 0.6) is 0 Å². The number of aryl methyl sites for hydroxylation is 2. The molecule has 1 saturated heterocycles. The van der Waals surface area contributed by atoms with Gasteiger partial charge < -0.3 is 14.9 Å². The minimum Gasteiger partial charge on any atom is -0.391 e. The van der Waals surface area contributed by atoms with Crippen LogP contribution >= 0.6 is 0 Å². The predicted octanol–water partition coefficient (Wildman–Crippen LogP) is 4.95. The Morgan fingerprint density at radius 1 is 0.970 bits per heavy atom. The molecule has 176 valence electrons. The third-order valence-corrected chi connectivity index (χ3v) is 5.53. The van der Waals surface area contributed by atoms with E-state index in [1.54, 1.807) is 0 Å². The van der Waals surface area contributed by atoms with Crippen LogP contribution in [-0.2, 0) is 25.2 Å². The van der Waals surface area contributed by atoms with Crippen molar-refractivity contribution in [1.29, 1.82) is 0 Å². The molecule has 1 aliphatic rings. The predicted molar refractivity (Wildman–Crippen MR) is 105 cm³/mol. The van der Waals surface area contributed by atoms with Gasteiger partial charge in [-0.3, -0.25) is 0 Å². The molecule has 0 saturated carbocycles. The average Bonchev–Trinajstić information content (AvgIpc) is 3.40. The van der Waals surface area contributed by atoms with Gasteiger partial charge >= 0.3 is 12.4 Å². The zero-order valence-electron chi connectivity index (χ0n) is 17.0. The molecule has 33 heavy (non-hydrogen) atoms. The molecule has 0 unspecified atom stereocenters. The highest BCUT2D eigenvalue weighted by Crippen LogP contribution is 2.36. The van der Waals surface area contributed by atoms with E-state index < -0.39 is 35.6 Å². The van der Waals surface area contributed by atoms with Gasteiger partial charge in [-0.05, 0) is 55.1 Å². The molecular formula is C22H19F6N3O2. The Hall–Kier alpha value is -2.92. The zero-order chi connectivity index (χ0) is 23.8. The zero-order valence-corrected chi connectivity index (χ0v) is 17.0. The van der Waals surface area contributed by atoms with Crippen LogP contribution < -0.4 is 5.32 Å². The van der Waals surface area contributed by atoms with E-state index in [0.717, 1.165) is 18.2 Å². The minimum atomic E-state index is -4.65. The van der Waals surface area contributed by atoms with Crippen molar-refractivity contribution in [1.82, 2.24) is 15.5 Å². The lowest BCUT2D eigenvalue weighted by molar-refractivity contribution is -0.138. The lowest BCUT2D eigenvalue weighted by atomic mass is 9.97. The molecule has 1 aliphatic heterocycles. The van der Waals surface area contributed by atoms with Crippen molar-refractivity contribution in [2.45, 2.75) is 43.8 Å². The molecule has 1 fully saturated rings. The van der Waals surface area contributed by atoms with Crippen molar-refractivity contribution < 1.29 is 36.0 Å². The first-order valence-corrected chi connectivity index (χ1v) is 10.1. The lowest BCUT2D eigenvalue weighted by Crippen LogP contribution is -2.21. The van der Waals surface area contributed by atoms with Gasteiger partial charge in [-0.15, -0.1) is 0 Å². The monoisotopic (exact) mass is 471 g/mol. The fraction of sp³-hybridized carbons (Fsp3) is 0.364. The molecule has 2 heterocycles. The summed E-state index contributed by atoms with van der Waals surface area (Å²) in [6, 6.07) is 7.44. The SMILES string of the molecule is O[C@H]1CCN[C@@H]1c1nc(-c2ccc(CCc3ccc(C(F)(F)F)cc3)c(C(F)(F)F)c2)no1. The normalized spacial score (nSPS) is 19.2. The number of aliphatic hydroxyl groups is 1. The summed E-state index contributed by atoms with van der Waals surface area (Å²) >= 11 is 0. The van der Waals surface area contributed by atoms with E-state index in [4.69, 9.17) is 4.52 Å². The number of rotatable bonds is 5. The summed E-state index contributed by atoms with van der Waals surface area (Å²) in [5.41, 5.74) is -1.10. The molecule has 5 nitrogen and oxygen atoms in total. The molecule has 3 aromatic rings. The van der Waals surface area contributed by atoms with Gasteiger partial charge in [0.25, 0.3) is 0 Å². The average molecular weight is 471 g/mol. The van der Waals surface area contributed by atoms with Gasteiger partial charge in [0.2, 0.25) is 11.7 Å². The first-order chi connectivity index (χ1) is 15.5. The number of nitrogens with zero attached hydrogens (tertiary/aromatic N) is 2. The standard InChI is InChI=1S/C22H19F6N3O2/c23-21(24,25)15-7-2-12(3-8-15)1-4-13-5-6-14(11-16(13)22(26,27)28)19-30-20(33-31-19)18-17(32)9-10-29-18/h2-3,5-8,11,17-18,29,32H,1,4,9-10H2/t17-,18-/m0/s1. The summed E-state index contributed by atoms with van der Waals surface area (Å²) in [6.45, 7) is 0.551. The maximum absolute atomic E-state index is 13.7. The third-order valence-electron chi connectivity index (χ3n) is 5.53. The second-order valence-electron chi connectivity index (χ2n) is 7.81. The van der Waals surface area contributed by atoms with Crippen LogP contribution in [-0.4, -0.2) is 27.9 Å². The molecule has 2 atom stereocenters. The Morgan fingerprint density at radius 2 is 1.70 bits per heavy atom. The second kappa shape index (κ2) is 8.79. The first kappa shape index (κ1) is 23.2. The fourth-order valence-corrected chi connectivity index (χ4v) is 3.76. The number of aromatic nitrogens is 2. The number of hydrogen-bond acceptors (Lipinski definition) is 5. The minimum absolute atomic E-state index is 0.00254. The topological polar surface area (TPSA) is 71.2 Å². The number of nitrogens with one attached hydrogen (secondary N) is 1. The Kier molecular flexibility index (Phi) is 6.19. The van der Waals surface area contributed by atoms with E-state index in [9.17, 15) is 31.4 Å². The third kappa shape index (κ3) is 5.19. The Morgan fingerprint density at radius 3 is 2.30 bits per heavy atom. The van der Waals surface area contributed by atoms with Gasteiger partial charge in [0, 0.05) is 5.56 Å². The summed E-state index contributed by atoms with van der Waals surface area (Å²) in [5.74, 6) is 0.0561. The Bertz CT molecular complexity index is 1110. The van der Waals surface area contributed by atoms with Crippen LogP contribution in [0.4, 0.5) is 26.3 Å². The van der Waals surface area contributed by atoms with Crippen LogP contribution in [0.1, 0.15) is 40.6 Å². The van der Waals surface area contributed by atoms with Crippen molar-refractivity contribution in [3.05, 3.63) is 70.6 Å². The highest BCUT2D eigenvalue weighted by molar-refractivity contribution is 5.57. The summed E-state index contributed by atoms with van der Waals surface area (Å²) in [7, 11) is 0. The highest BCUT2D eigenvalue weighted by atomic mass is 19.4. The molecule has 0 radical (unpaired) electrons. The number of hydrogen-bond donors (Lipinski definition) is 2. The molecule has 11 heteroatoms. The van der Waals surface area contributed by atoms with E-state index in [1.807, 2.05) is 0 Å². The molecule has 0 amide bonds. The number of benzene rings is 2.